The van der Waals surface area contributed by atoms with Gasteiger partial charge in [0.15, 0.2) is 11.2 Å². The number of carbonyl (C=O) groups excluding carboxylic acids is 1. The average molecular weight is 481 g/mol. The standard InChI is InChI=1S/C20H18BrFN2O4S/c1-11(28-18-6-4-12(22)8-15(18)21)19(25)24-20-23-16(10-29-20)14-9-13(26-2)5-7-17(14)27-3/h4-11H,1-3H3,(H,23,24,25). The highest BCUT2D eigenvalue weighted by Gasteiger charge is 2.19. The van der Waals surface area contributed by atoms with Crippen LogP contribution in [-0.4, -0.2) is 31.2 Å². The van der Waals surface area contributed by atoms with Crippen molar-refractivity contribution in [3.8, 4) is 28.5 Å². The molecule has 0 saturated heterocycles. The number of benzene rings is 2. The molecule has 0 aliphatic rings. The molecule has 2 aromatic carbocycles. The number of ether oxygens (including phenoxy) is 3. The van der Waals surface area contributed by atoms with E-state index in [0.717, 1.165) is 5.56 Å². The van der Waals surface area contributed by atoms with Crippen LogP contribution >= 0.6 is 27.3 Å². The number of nitrogens with one attached hydrogen (secondary N) is 1. The highest BCUT2D eigenvalue weighted by Crippen LogP contribution is 2.35. The lowest BCUT2D eigenvalue weighted by molar-refractivity contribution is -0.122. The fourth-order valence-corrected chi connectivity index (χ4v) is 3.65. The minimum Gasteiger partial charge on any atom is -0.497 e. The molecule has 1 heterocycles. The minimum atomic E-state index is -0.810. The number of amides is 1. The van der Waals surface area contributed by atoms with Crippen molar-refractivity contribution in [2.24, 2.45) is 0 Å². The number of anilines is 1. The Morgan fingerprint density at radius 1 is 1.17 bits per heavy atom. The number of methoxy groups -OCH3 is 2. The van der Waals surface area contributed by atoms with E-state index in [4.69, 9.17) is 14.2 Å². The van der Waals surface area contributed by atoms with Crippen LogP contribution in [0.5, 0.6) is 17.2 Å². The van der Waals surface area contributed by atoms with Gasteiger partial charge in [-0.25, -0.2) is 9.37 Å². The summed E-state index contributed by atoms with van der Waals surface area (Å²) in [6, 6.07) is 9.40. The fourth-order valence-electron chi connectivity index (χ4n) is 2.49. The van der Waals surface area contributed by atoms with E-state index in [1.54, 1.807) is 33.3 Å². The molecule has 3 rings (SSSR count). The summed E-state index contributed by atoms with van der Waals surface area (Å²) in [6.07, 6.45) is -0.810. The second-order valence-corrected chi connectivity index (χ2v) is 7.64. The lowest BCUT2D eigenvalue weighted by Crippen LogP contribution is -2.30. The molecular formula is C20H18BrFN2O4S. The molecule has 0 bridgehead atoms. The highest BCUT2D eigenvalue weighted by molar-refractivity contribution is 9.10. The predicted molar refractivity (Wildman–Crippen MR) is 113 cm³/mol. The van der Waals surface area contributed by atoms with Crippen LogP contribution in [0.2, 0.25) is 0 Å². The number of hydrogen-bond donors (Lipinski definition) is 1. The molecule has 6 nitrogen and oxygen atoms in total. The summed E-state index contributed by atoms with van der Waals surface area (Å²) >= 11 is 4.50. The predicted octanol–water partition coefficient (Wildman–Crippen LogP) is 5.13. The largest absolute Gasteiger partial charge is 0.497 e. The maximum Gasteiger partial charge on any atom is 0.266 e. The van der Waals surface area contributed by atoms with Gasteiger partial charge in [-0.05, 0) is 59.3 Å². The Labute approximate surface area is 179 Å². The number of halogens is 2. The summed E-state index contributed by atoms with van der Waals surface area (Å²) in [5.41, 5.74) is 1.40. The average Bonchev–Trinajstić information content (AvgIpc) is 3.17. The van der Waals surface area contributed by atoms with Crippen molar-refractivity contribution in [1.29, 1.82) is 0 Å². The van der Waals surface area contributed by atoms with Gasteiger partial charge in [0.2, 0.25) is 0 Å². The Kier molecular flexibility index (Phi) is 6.71. The molecule has 0 spiro atoms. The third kappa shape index (κ3) is 5.04. The molecule has 0 saturated carbocycles. The van der Waals surface area contributed by atoms with Crippen LogP contribution in [0, 0.1) is 5.82 Å². The number of hydrogen-bond acceptors (Lipinski definition) is 6. The van der Waals surface area contributed by atoms with Gasteiger partial charge in [0.25, 0.3) is 5.91 Å². The molecule has 9 heteroatoms. The summed E-state index contributed by atoms with van der Waals surface area (Å²) < 4.78 is 29.9. The van der Waals surface area contributed by atoms with E-state index in [0.29, 0.717) is 32.5 Å². The third-order valence-electron chi connectivity index (χ3n) is 3.98. The first-order chi connectivity index (χ1) is 13.9. The van der Waals surface area contributed by atoms with Crippen molar-refractivity contribution in [3.63, 3.8) is 0 Å². The maximum absolute atomic E-state index is 13.2. The van der Waals surface area contributed by atoms with Gasteiger partial charge in [0.1, 0.15) is 23.1 Å². The van der Waals surface area contributed by atoms with Crippen molar-refractivity contribution >= 4 is 38.3 Å². The second-order valence-electron chi connectivity index (χ2n) is 5.93. The van der Waals surface area contributed by atoms with Gasteiger partial charge < -0.3 is 14.2 Å². The van der Waals surface area contributed by atoms with Gasteiger partial charge in [-0.2, -0.15) is 0 Å². The first kappa shape index (κ1) is 21.1. The van der Waals surface area contributed by atoms with Crippen LogP contribution < -0.4 is 19.5 Å². The number of carbonyl (C=O) groups is 1. The Morgan fingerprint density at radius 3 is 2.62 bits per heavy atom. The van der Waals surface area contributed by atoms with E-state index in [1.807, 2.05) is 11.4 Å². The molecule has 0 aliphatic heterocycles. The molecule has 0 aliphatic carbocycles. The Morgan fingerprint density at radius 2 is 1.93 bits per heavy atom. The molecule has 152 valence electrons. The smallest absolute Gasteiger partial charge is 0.266 e. The SMILES string of the molecule is COc1ccc(OC)c(-c2csc(NC(=O)C(C)Oc3ccc(F)cc3Br)n2)c1. The molecule has 1 atom stereocenters. The molecule has 1 aromatic heterocycles. The van der Waals surface area contributed by atoms with Crippen molar-refractivity contribution < 1.29 is 23.4 Å². The molecular weight excluding hydrogens is 463 g/mol. The molecule has 1 N–H and O–H groups in total. The normalized spacial score (nSPS) is 11.6. The number of thiazole rings is 1. The van der Waals surface area contributed by atoms with Crippen molar-refractivity contribution in [2.45, 2.75) is 13.0 Å². The lowest BCUT2D eigenvalue weighted by Gasteiger charge is -2.14. The van der Waals surface area contributed by atoms with Gasteiger partial charge in [-0.1, -0.05) is 0 Å². The Hall–Kier alpha value is -2.65. The van der Waals surface area contributed by atoms with Crippen LogP contribution in [0.3, 0.4) is 0 Å². The van der Waals surface area contributed by atoms with Crippen LogP contribution in [0.15, 0.2) is 46.3 Å². The van der Waals surface area contributed by atoms with Crippen molar-refractivity contribution in [2.75, 3.05) is 19.5 Å². The quantitative estimate of drug-likeness (QED) is 0.507. The molecule has 29 heavy (non-hydrogen) atoms. The molecule has 0 radical (unpaired) electrons. The summed E-state index contributed by atoms with van der Waals surface area (Å²) in [7, 11) is 3.16. The lowest BCUT2D eigenvalue weighted by atomic mass is 10.1. The van der Waals surface area contributed by atoms with E-state index >= 15 is 0 Å². The monoisotopic (exact) mass is 480 g/mol. The first-order valence-corrected chi connectivity index (χ1v) is 10.2. The van der Waals surface area contributed by atoms with E-state index in [9.17, 15) is 9.18 Å². The Bertz CT molecular complexity index is 1030. The van der Waals surface area contributed by atoms with Crippen molar-refractivity contribution in [3.05, 3.63) is 52.1 Å². The van der Waals surface area contributed by atoms with E-state index in [2.05, 4.69) is 26.2 Å². The van der Waals surface area contributed by atoms with Gasteiger partial charge in [-0.15, -0.1) is 11.3 Å². The van der Waals surface area contributed by atoms with Crippen molar-refractivity contribution in [1.82, 2.24) is 4.98 Å². The van der Waals surface area contributed by atoms with E-state index < -0.39 is 11.9 Å². The van der Waals surface area contributed by atoms with Crippen LogP contribution in [0.25, 0.3) is 11.3 Å². The zero-order valence-electron chi connectivity index (χ0n) is 15.9. The minimum absolute atomic E-state index is 0.370. The van der Waals surface area contributed by atoms with Gasteiger partial charge in [0, 0.05) is 10.9 Å². The summed E-state index contributed by atoms with van der Waals surface area (Å²) in [4.78, 5) is 16.9. The summed E-state index contributed by atoms with van der Waals surface area (Å²) in [5.74, 6) is 0.914. The van der Waals surface area contributed by atoms with E-state index in [1.165, 1.54) is 29.5 Å². The van der Waals surface area contributed by atoms with Gasteiger partial charge >= 0.3 is 0 Å². The van der Waals surface area contributed by atoms with Crippen LogP contribution in [0.1, 0.15) is 6.92 Å². The maximum atomic E-state index is 13.2. The van der Waals surface area contributed by atoms with Crippen LogP contribution in [0.4, 0.5) is 9.52 Å². The van der Waals surface area contributed by atoms with Crippen LogP contribution in [-0.2, 0) is 4.79 Å². The summed E-state index contributed by atoms with van der Waals surface area (Å²) in [6.45, 7) is 1.60. The first-order valence-electron chi connectivity index (χ1n) is 8.51. The number of aromatic nitrogens is 1. The molecule has 1 unspecified atom stereocenters. The summed E-state index contributed by atoms with van der Waals surface area (Å²) in [5, 5.41) is 4.97. The van der Waals surface area contributed by atoms with Gasteiger partial charge in [0.05, 0.1) is 24.4 Å². The number of rotatable bonds is 7. The number of nitrogens with zero attached hydrogens (tertiary/aromatic N) is 1. The third-order valence-corrected chi connectivity index (χ3v) is 5.36. The zero-order valence-corrected chi connectivity index (χ0v) is 18.3. The van der Waals surface area contributed by atoms with E-state index in [-0.39, 0.29) is 5.91 Å². The van der Waals surface area contributed by atoms with Gasteiger partial charge in [-0.3, -0.25) is 10.1 Å². The topological polar surface area (TPSA) is 69.7 Å². The zero-order chi connectivity index (χ0) is 21.0. The Balaban J connectivity index is 1.72. The second kappa shape index (κ2) is 9.23. The molecule has 1 amide bonds. The molecule has 3 aromatic rings. The highest BCUT2D eigenvalue weighted by atomic mass is 79.9. The molecule has 0 fully saturated rings. The fraction of sp³-hybridized carbons (Fsp3) is 0.200.